The number of sulfone groups is 1. The van der Waals surface area contributed by atoms with Crippen molar-refractivity contribution in [2.45, 2.75) is 32.1 Å². The van der Waals surface area contributed by atoms with E-state index in [0.29, 0.717) is 6.54 Å². The van der Waals surface area contributed by atoms with Crippen molar-refractivity contribution in [2.75, 3.05) is 12.3 Å². The first-order valence-electron chi connectivity index (χ1n) is 5.42. The summed E-state index contributed by atoms with van der Waals surface area (Å²) in [7, 11) is -2.92. The van der Waals surface area contributed by atoms with Crippen molar-refractivity contribution in [2.24, 2.45) is 0 Å². The number of hydrogen-bond acceptors (Lipinski definition) is 4. The van der Waals surface area contributed by atoms with Gasteiger partial charge in [-0.15, -0.1) is 11.3 Å². The van der Waals surface area contributed by atoms with Gasteiger partial charge in [0.1, 0.15) is 0 Å². The van der Waals surface area contributed by atoms with E-state index in [1.165, 1.54) is 4.88 Å². The van der Waals surface area contributed by atoms with Crippen LogP contribution in [0.2, 0.25) is 0 Å². The molecule has 5 heteroatoms. The zero-order valence-corrected chi connectivity index (χ0v) is 11.6. The molecule has 92 valence electrons. The summed E-state index contributed by atoms with van der Waals surface area (Å²) in [6, 6.07) is 4.28. The summed E-state index contributed by atoms with van der Waals surface area (Å²) in [6.07, 6.45) is 0. The molecule has 0 fully saturated rings. The first kappa shape index (κ1) is 13.7. The standard InChI is InChI=1S/C11H19NO2S2/c1-9(2)16(13,14)8-6-12-10(3)11-5-4-7-15-11/h4-5,7,9-10,12H,6,8H2,1-3H3. The van der Waals surface area contributed by atoms with Crippen LogP contribution in [0.1, 0.15) is 31.7 Å². The van der Waals surface area contributed by atoms with Crippen LogP contribution in [-0.4, -0.2) is 26.0 Å². The molecule has 1 heterocycles. The van der Waals surface area contributed by atoms with Crippen molar-refractivity contribution in [1.82, 2.24) is 5.32 Å². The Morgan fingerprint density at radius 3 is 2.56 bits per heavy atom. The predicted molar refractivity (Wildman–Crippen MR) is 69.7 cm³/mol. The monoisotopic (exact) mass is 261 g/mol. The summed E-state index contributed by atoms with van der Waals surface area (Å²) in [4.78, 5) is 1.24. The maximum Gasteiger partial charge on any atom is 0.153 e. The van der Waals surface area contributed by atoms with Gasteiger partial charge in [-0.05, 0) is 32.2 Å². The second-order valence-corrected chi connectivity index (χ2v) is 7.76. The largest absolute Gasteiger partial charge is 0.308 e. The highest BCUT2D eigenvalue weighted by atomic mass is 32.2. The van der Waals surface area contributed by atoms with E-state index < -0.39 is 9.84 Å². The zero-order chi connectivity index (χ0) is 12.2. The highest BCUT2D eigenvalue weighted by Crippen LogP contribution is 2.17. The molecule has 1 unspecified atom stereocenters. The average molecular weight is 261 g/mol. The Bertz CT molecular complexity index is 396. The third kappa shape index (κ3) is 3.88. The molecule has 1 atom stereocenters. The van der Waals surface area contributed by atoms with Gasteiger partial charge < -0.3 is 5.32 Å². The third-order valence-electron chi connectivity index (χ3n) is 2.53. The number of hydrogen-bond donors (Lipinski definition) is 1. The van der Waals surface area contributed by atoms with Gasteiger partial charge in [0.15, 0.2) is 9.84 Å². The second kappa shape index (κ2) is 5.80. The quantitative estimate of drug-likeness (QED) is 0.854. The van der Waals surface area contributed by atoms with Gasteiger partial charge in [0, 0.05) is 17.5 Å². The predicted octanol–water partition coefficient (Wildman–Crippen LogP) is 2.22. The lowest BCUT2D eigenvalue weighted by atomic mass is 10.3. The Morgan fingerprint density at radius 1 is 1.38 bits per heavy atom. The van der Waals surface area contributed by atoms with Crippen LogP contribution in [0.25, 0.3) is 0 Å². The Labute approximate surface area is 102 Å². The van der Waals surface area contributed by atoms with Crippen LogP contribution in [0.3, 0.4) is 0 Å². The SMILES string of the molecule is CC(NCCS(=O)(=O)C(C)C)c1cccs1. The van der Waals surface area contributed by atoms with Gasteiger partial charge in [-0.2, -0.15) is 0 Å². The van der Waals surface area contributed by atoms with E-state index in [9.17, 15) is 8.42 Å². The highest BCUT2D eigenvalue weighted by molar-refractivity contribution is 7.92. The molecule has 16 heavy (non-hydrogen) atoms. The minimum Gasteiger partial charge on any atom is -0.308 e. The van der Waals surface area contributed by atoms with E-state index in [4.69, 9.17) is 0 Å². The van der Waals surface area contributed by atoms with Gasteiger partial charge in [-0.3, -0.25) is 0 Å². The maximum absolute atomic E-state index is 11.6. The first-order chi connectivity index (χ1) is 7.43. The van der Waals surface area contributed by atoms with Crippen LogP contribution in [0.4, 0.5) is 0 Å². The van der Waals surface area contributed by atoms with Crippen molar-refractivity contribution in [1.29, 1.82) is 0 Å². The number of rotatable bonds is 6. The van der Waals surface area contributed by atoms with Gasteiger partial charge >= 0.3 is 0 Å². The van der Waals surface area contributed by atoms with Crippen LogP contribution >= 0.6 is 11.3 Å². The van der Waals surface area contributed by atoms with E-state index in [1.807, 2.05) is 18.4 Å². The van der Waals surface area contributed by atoms with Crippen molar-refractivity contribution >= 4 is 21.2 Å². The molecule has 0 saturated carbocycles. The topological polar surface area (TPSA) is 46.2 Å². The Hall–Kier alpha value is -0.390. The molecule has 0 aliphatic heterocycles. The van der Waals surface area contributed by atoms with Gasteiger partial charge in [0.05, 0.1) is 11.0 Å². The average Bonchev–Trinajstić information content (AvgIpc) is 2.69. The second-order valence-electron chi connectivity index (χ2n) is 4.11. The summed E-state index contributed by atoms with van der Waals surface area (Å²) in [5.41, 5.74) is 0. The molecule has 0 saturated heterocycles. The van der Waals surface area contributed by atoms with Gasteiger partial charge in [0.2, 0.25) is 0 Å². The van der Waals surface area contributed by atoms with E-state index in [-0.39, 0.29) is 17.0 Å². The molecule has 0 aliphatic rings. The molecule has 0 bridgehead atoms. The van der Waals surface area contributed by atoms with E-state index >= 15 is 0 Å². The van der Waals surface area contributed by atoms with Crippen molar-refractivity contribution in [3.8, 4) is 0 Å². The highest BCUT2D eigenvalue weighted by Gasteiger charge is 2.16. The lowest BCUT2D eigenvalue weighted by Gasteiger charge is -2.13. The molecule has 0 amide bonds. The van der Waals surface area contributed by atoms with E-state index in [2.05, 4.69) is 11.4 Å². The minimum absolute atomic E-state index is 0.209. The molecule has 0 aromatic carbocycles. The number of nitrogens with one attached hydrogen (secondary N) is 1. The fourth-order valence-electron chi connectivity index (χ4n) is 1.29. The molecule has 0 aliphatic carbocycles. The van der Waals surface area contributed by atoms with Crippen LogP contribution in [0.15, 0.2) is 17.5 Å². The smallest absolute Gasteiger partial charge is 0.153 e. The molecule has 1 rings (SSSR count). The van der Waals surface area contributed by atoms with Crippen LogP contribution < -0.4 is 5.32 Å². The molecular weight excluding hydrogens is 242 g/mol. The fraction of sp³-hybridized carbons (Fsp3) is 0.636. The van der Waals surface area contributed by atoms with Gasteiger partial charge in [0.25, 0.3) is 0 Å². The molecule has 0 radical (unpaired) electrons. The van der Waals surface area contributed by atoms with Crippen molar-refractivity contribution in [3.05, 3.63) is 22.4 Å². The van der Waals surface area contributed by atoms with Crippen LogP contribution in [0, 0.1) is 0 Å². The summed E-state index contributed by atoms with van der Waals surface area (Å²) in [5.74, 6) is 0.209. The third-order valence-corrected chi connectivity index (χ3v) is 5.79. The Balaban J connectivity index is 2.37. The van der Waals surface area contributed by atoms with Crippen molar-refractivity contribution in [3.63, 3.8) is 0 Å². The van der Waals surface area contributed by atoms with Crippen molar-refractivity contribution < 1.29 is 8.42 Å². The normalized spacial score (nSPS) is 14.2. The van der Waals surface area contributed by atoms with Gasteiger partial charge in [-0.25, -0.2) is 8.42 Å². The number of thiophene rings is 1. The molecule has 3 nitrogen and oxygen atoms in total. The van der Waals surface area contributed by atoms with Crippen LogP contribution in [-0.2, 0) is 9.84 Å². The molecule has 0 spiro atoms. The Kier molecular flexibility index (Phi) is 4.95. The zero-order valence-electron chi connectivity index (χ0n) is 9.93. The molecular formula is C11H19NO2S2. The first-order valence-corrected chi connectivity index (χ1v) is 8.01. The van der Waals surface area contributed by atoms with E-state index in [1.54, 1.807) is 25.2 Å². The van der Waals surface area contributed by atoms with E-state index in [0.717, 1.165) is 0 Å². The van der Waals surface area contributed by atoms with Crippen LogP contribution in [0.5, 0.6) is 0 Å². The van der Waals surface area contributed by atoms with Gasteiger partial charge in [-0.1, -0.05) is 6.07 Å². The summed E-state index contributed by atoms with van der Waals surface area (Å²) in [5, 5.41) is 4.97. The lowest BCUT2D eigenvalue weighted by molar-refractivity contribution is 0.569. The maximum atomic E-state index is 11.6. The molecule has 1 aromatic heterocycles. The molecule has 1 N–H and O–H groups in total. The fourth-order valence-corrected chi connectivity index (χ4v) is 2.92. The Morgan fingerprint density at radius 2 is 2.06 bits per heavy atom. The summed E-state index contributed by atoms with van der Waals surface area (Å²) >= 11 is 1.68. The minimum atomic E-state index is -2.92. The molecule has 1 aromatic rings. The lowest BCUT2D eigenvalue weighted by Crippen LogP contribution is -2.28. The summed E-state index contributed by atoms with van der Waals surface area (Å²) in [6.45, 7) is 6.00. The summed E-state index contributed by atoms with van der Waals surface area (Å²) < 4.78 is 23.1.